The Hall–Kier alpha value is -2.97. The molecule has 4 rings (SSSR count). The van der Waals surface area contributed by atoms with Crippen LogP contribution in [-0.2, 0) is 4.74 Å². The second-order valence-electron chi connectivity index (χ2n) is 9.26. The highest BCUT2D eigenvalue weighted by Crippen LogP contribution is 2.33. The molecule has 31 heavy (non-hydrogen) atoms. The molecule has 2 aromatic heterocycles. The van der Waals surface area contributed by atoms with Crippen LogP contribution in [0.15, 0.2) is 24.8 Å². The van der Waals surface area contributed by atoms with Crippen molar-refractivity contribution >= 4 is 12.0 Å². The van der Waals surface area contributed by atoms with Crippen LogP contribution in [0.25, 0.3) is 5.95 Å². The summed E-state index contributed by atoms with van der Waals surface area (Å²) in [5.74, 6) is 1.25. The molecule has 0 spiro atoms. The lowest BCUT2D eigenvalue weighted by Gasteiger charge is -2.39. The number of rotatable bonds is 4. The molecule has 0 atom stereocenters. The summed E-state index contributed by atoms with van der Waals surface area (Å²) in [5, 5.41) is 0. The highest BCUT2D eigenvalue weighted by Gasteiger charge is 2.40. The fraction of sp³-hybridized carbons (Fsp3) is 0.591. The van der Waals surface area contributed by atoms with Gasteiger partial charge in [-0.15, -0.1) is 0 Å². The van der Waals surface area contributed by atoms with Crippen molar-refractivity contribution in [3.05, 3.63) is 36.2 Å². The van der Waals surface area contributed by atoms with E-state index in [0.717, 1.165) is 31.5 Å². The minimum Gasteiger partial charge on any atom is -0.444 e. The number of likely N-dealkylation sites (tertiary alicyclic amines) is 1. The van der Waals surface area contributed by atoms with Crippen LogP contribution in [0.3, 0.4) is 0 Å². The van der Waals surface area contributed by atoms with Crippen LogP contribution in [0.1, 0.15) is 62.6 Å². The summed E-state index contributed by atoms with van der Waals surface area (Å²) in [6.07, 6.45) is 9.91. The number of hydrogen-bond donors (Lipinski definition) is 0. The Morgan fingerprint density at radius 1 is 1.03 bits per heavy atom. The third-order valence-electron chi connectivity index (χ3n) is 5.61. The van der Waals surface area contributed by atoms with Crippen molar-refractivity contribution in [3.63, 3.8) is 0 Å². The van der Waals surface area contributed by atoms with E-state index in [-0.39, 0.29) is 24.1 Å². The number of nitrogens with zero attached hydrogens (tertiary/aromatic N) is 6. The average Bonchev–Trinajstić information content (AvgIpc) is 3.47. The molecule has 2 aromatic rings. The van der Waals surface area contributed by atoms with Crippen molar-refractivity contribution in [1.82, 2.24) is 29.3 Å². The molecule has 9 heteroatoms. The molecule has 1 aliphatic carbocycles. The summed E-state index contributed by atoms with van der Waals surface area (Å²) in [6, 6.07) is 0.371. The normalized spacial score (nSPS) is 17.5. The average molecular weight is 427 g/mol. The highest BCUT2D eigenvalue weighted by atomic mass is 16.6. The first kappa shape index (κ1) is 21.3. The molecule has 0 radical (unpaired) electrons. The maximum atomic E-state index is 13.3. The lowest BCUT2D eigenvalue weighted by atomic mass is 10.0. The van der Waals surface area contributed by atoms with E-state index in [1.807, 2.05) is 32.6 Å². The van der Waals surface area contributed by atoms with E-state index in [1.165, 1.54) is 0 Å². The number of hydrogen-bond acceptors (Lipinski definition) is 6. The monoisotopic (exact) mass is 426 g/mol. The van der Waals surface area contributed by atoms with Gasteiger partial charge in [-0.25, -0.2) is 19.7 Å². The molecule has 0 unspecified atom stereocenters. The number of ether oxygens (including phenoxy) is 1. The molecule has 2 aliphatic rings. The van der Waals surface area contributed by atoms with Crippen LogP contribution < -0.4 is 0 Å². The topological polar surface area (TPSA) is 93.5 Å². The Morgan fingerprint density at radius 2 is 1.65 bits per heavy atom. The number of piperidine rings is 1. The molecule has 0 bridgehead atoms. The first-order valence-electron chi connectivity index (χ1n) is 10.9. The van der Waals surface area contributed by atoms with Crippen molar-refractivity contribution in [1.29, 1.82) is 0 Å². The van der Waals surface area contributed by atoms with Gasteiger partial charge in [0.15, 0.2) is 0 Å². The van der Waals surface area contributed by atoms with Crippen LogP contribution in [-0.4, -0.2) is 72.1 Å². The van der Waals surface area contributed by atoms with Crippen molar-refractivity contribution in [2.45, 2.75) is 71.1 Å². The first-order chi connectivity index (χ1) is 14.7. The molecular formula is C22H30N6O3. The van der Waals surface area contributed by atoms with Crippen LogP contribution in [0, 0.1) is 6.92 Å². The smallest absolute Gasteiger partial charge is 0.410 e. The van der Waals surface area contributed by atoms with Crippen molar-refractivity contribution in [2.24, 2.45) is 0 Å². The Kier molecular flexibility index (Phi) is 5.68. The standard InChI is InChI=1S/C22H30N6O3/c1-15-23-9-12-27(15)20-24-13-16(14-25-20)19(29)28(17-5-6-17)18-7-10-26(11-8-18)21(30)31-22(2,3)4/h9,12-14,17-18H,5-8,10-11H2,1-4H3. The van der Waals surface area contributed by atoms with E-state index in [0.29, 0.717) is 24.6 Å². The SMILES string of the molecule is Cc1nccn1-c1ncc(C(=O)N(C2CC2)C2CCN(C(=O)OC(C)(C)C)CC2)cn1. The van der Waals surface area contributed by atoms with Gasteiger partial charge in [-0.05, 0) is 53.4 Å². The van der Waals surface area contributed by atoms with Gasteiger partial charge in [0.05, 0.1) is 5.56 Å². The number of imidazole rings is 1. The molecule has 166 valence electrons. The van der Waals surface area contributed by atoms with E-state index < -0.39 is 5.60 Å². The molecule has 9 nitrogen and oxygen atoms in total. The minimum absolute atomic E-state index is 0.0351. The van der Waals surface area contributed by atoms with Gasteiger partial charge in [-0.1, -0.05) is 0 Å². The molecule has 2 amide bonds. The number of aromatic nitrogens is 4. The summed E-state index contributed by atoms with van der Waals surface area (Å²) in [4.78, 5) is 42.3. The van der Waals surface area contributed by atoms with Crippen molar-refractivity contribution < 1.29 is 14.3 Å². The van der Waals surface area contributed by atoms with Gasteiger partial charge < -0.3 is 14.5 Å². The summed E-state index contributed by atoms with van der Waals surface area (Å²) in [6.45, 7) is 8.66. The quantitative estimate of drug-likeness (QED) is 0.746. The van der Waals surface area contributed by atoms with Gasteiger partial charge in [0.2, 0.25) is 5.95 Å². The maximum Gasteiger partial charge on any atom is 0.410 e. The lowest BCUT2D eigenvalue weighted by molar-refractivity contribution is 0.0142. The third kappa shape index (κ3) is 4.86. The second-order valence-corrected chi connectivity index (χ2v) is 9.26. The molecule has 0 aromatic carbocycles. The highest BCUT2D eigenvalue weighted by molar-refractivity contribution is 5.94. The van der Waals surface area contributed by atoms with Gasteiger partial charge in [0.25, 0.3) is 5.91 Å². The predicted molar refractivity (Wildman–Crippen MR) is 114 cm³/mol. The minimum atomic E-state index is -0.509. The van der Waals surface area contributed by atoms with Crippen LogP contribution in [0.5, 0.6) is 0 Å². The summed E-state index contributed by atoms with van der Waals surface area (Å²) < 4.78 is 7.26. The maximum absolute atomic E-state index is 13.3. The van der Waals surface area contributed by atoms with E-state index in [2.05, 4.69) is 15.0 Å². The lowest BCUT2D eigenvalue weighted by Crippen LogP contribution is -2.50. The predicted octanol–water partition coefficient (Wildman–Crippen LogP) is 2.97. The molecule has 1 aliphatic heterocycles. The summed E-state index contributed by atoms with van der Waals surface area (Å²) in [7, 11) is 0. The molecular weight excluding hydrogens is 396 g/mol. The molecule has 0 N–H and O–H groups in total. The Morgan fingerprint density at radius 3 is 2.16 bits per heavy atom. The second kappa shape index (κ2) is 8.28. The van der Waals surface area contributed by atoms with E-state index in [1.54, 1.807) is 34.3 Å². The molecule has 2 fully saturated rings. The van der Waals surface area contributed by atoms with Crippen LogP contribution in [0.2, 0.25) is 0 Å². The summed E-state index contributed by atoms with van der Waals surface area (Å²) in [5.41, 5.74) is -0.0197. The first-order valence-corrected chi connectivity index (χ1v) is 10.9. The van der Waals surface area contributed by atoms with Crippen LogP contribution >= 0.6 is 0 Å². The Labute approximate surface area is 182 Å². The number of carbonyl (C=O) groups is 2. The van der Waals surface area contributed by atoms with Crippen molar-refractivity contribution in [3.8, 4) is 5.95 Å². The number of amides is 2. The largest absolute Gasteiger partial charge is 0.444 e. The Bertz CT molecular complexity index is 937. The number of carbonyl (C=O) groups excluding carboxylic acids is 2. The van der Waals surface area contributed by atoms with E-state index in [9.17, 15) is 9.59 Å². The molecule has 1 saturated carbocycles. The fourth-order valence-corrected chi connectivity index (χ4v) is 3.93. The zero-order chi connectivity index (χ0) is 22.2. The van der Waals surface area contributed by atoms with E-state index >= 15 is 0 Å². The number of aryl methyl sites for hydroxylation is 1. The zero-order valence-corrected chi connectivity index (χ0v) is 18.6. The molecule has 1 saturated heterocycles. The zero-order valence-electron chi connectivity index (χ0n) is 18.6. The van der Waals surface area contributed by atoms with Gasteiger partial charge in [0.1, 0.15) is 11.4 Å². The van der Waals surface area contributed by atoms with Gasteiger partial charge in [-0.2, -0.15) is 0 Å². The van der Waals surface area contributed by atoms with Crippen LogP contribution in [0.4, 0.5) is 4.79 Å². The molecule has 3 heterocycles. The Balaban J connectivity index is 1.42. The van der Waals surface area contributed by atoms with Gasteiger partial charge >= 0.3 is 6.09 Å². The third-order valence-corrected chi connectivity index (χ3v) is 5.61. The van der Waals surface area contributed by atoms with Gasteiger partial charge in [-0.3, -0.25) is 9.36 Å². The van der Waals surface area contributed by atoms with Crippen molar-refractivity contribution in [2.75, 3.05) is 13.1 Å². The summed E-state index contributed by atoms with van der Waals surface area (Å²) >= 11 is 0. The fourth-order valence-electron chi connectivity index (χ4n) is 3.93. The van der Waals surface area contributed by atoms with E-state index in [4.69, 9.17) is 4.74 Å². The van der Waals surface area contributed by atoms with Gasteiger partial charge in [0, 0.05) is 50.0 Å².